The molecule has 1 aromatic heterocycles. The Morgan fingerprint density at radius 3 is 2.38 bits per heavy atom. The van der Waals surface area contributed by atoms with Crippen molar-refractivity contribution in [3.63, 3.8) is 0 Å². The molecule has 0 saturated carbocycles. The largest absolute Gasteiger partial charge is 0.497 e. The van der Waals surface area contributed by atoms with Gasteiger partial charge in [-0.1, -0.05) is 46.2 Å². The zero-order chi connectivity index (χ0) is 27.2. The maximum Gasteiger partial charge on any atom is 0.322 e. The van der Waals surface area contributed by atoms with E-state index in [2.05, 4.69) is 38.3 Å². The molecule has 3 rings (SSSR count). The molecule has 0 bridgehead atoms. The van der Waals surface area contributed by atoms with Gasteiger partial charge in [-0.2, -0.15) is 5.10 Å². The highest BCUT2D eigenvalue weighted by molar-refractivity contribution is 5.97. The average molecular weight is 506 g/mol. The molecule has 3 aromatic rings. The number of carbonyl (C=O) groups is 2. The van der Waals surface area contributed by atoms with Crippen LogP contribution in [0.1, 0.15) is 57.4 Å². The van der Waals surface area contributed by atoms with E-state index in [1.807, 2.05) is 62.4 Å². The minimum absolute atomic E-state index is 0.0741. The summed E-state index contributed by atoms with van der Waals surface area (Å²) in [5, 5.41) is 10.7. The van der Waals surface area contributed by atoms with Crippen LogP contribution < -0.4 is 15.4 Å². The van der Waals surface area contributed by atoms with Gasteiger partial charge in [0.25, 0.3) is 0 Å². The first-order valence-corrected chi connectivity index (χ1v) is 12.7. The highest BCUT2D eigenvalue weighted by Gasteiger charge is 2.23. The number of nitrogens with zero attached hydrogens (tertiary/aromatic N) is 3. The molecule has 0 fully saturated rings. The lowest BCUT2D eigenvalue weighted by atomic mass is 9.92. The number of aryl methyl sites for hydroxylation is 1. The van der Waals surface area contributed by atoms with Gasteiger partial charge < -0.3 is 20.3 Å². The summed E-state index contributed by atoms with van der Waals surface area (Å²) in [7, 11) is 1.62. The van der Waals surface area contributed by atoms with Crippen LogP contribution in [0.15, 0.2) is 48.5 Å². The van der Waals surface area contributed by atoms with Crippen molar-refractivity contribution in [3.05, 3.63) is 65.4 Å². The van der Waals surface area contributed by atoms with Crippen LogP contribution in [0.5, 0.6) is 5.75 Å². The SMILES string of the molecule is CCCCN(CC(=O)Nc1cc(C(C)(C)C)nn1-c1ccc(OC)cc1)C(=O)Nc1cccc(C)c1C. The first-order valence-electron chi connectivity index (χ1n) is 12.7. The van der Waals surface area contributed by atoms with Gasteiger partial charge in [-0.3, -0.25) is 4.79 Å². The maximum absolute atomic E-state index is 13.2. The van der Waals surface area contributed by atoms with Crippen molar-refractivity contribution in [1.29, 1.82) is 0 Å². The van der Waals surface area contributed by atoms with Crippen LogP contribution in [0.3, 0.4) is 0 Å². The summed E-state index contributed by atoms with van der Waals surface area (Å²) in [6.07, 6.45) is 1.71. The molecule has 0 spiro atoms. The number of ether oxygens (including phenoxy) is 1. The van der Waals surface area contributed by atoms with Crippen molar-refractivity contribution in [3.8, 4) is 11.4 Å². The predicted molar refractivity (Wildman–Crippen MR) is 149 cm³/mol. The number of aromatic nitrogens is 2. The fourth-order valence-electron chi connectivity index (χ4n) is 3.79. The third kappa shape index (κ3) is 7.12. The Morgan fingerprint density at radius 2 is 1.76 bits per heavy atom. The Hall–Kier alpha value is -3.81. The number of hydrogen-bond acceptors (Lipinski definition) is 4. The average Bonchev–Trinajstić information content (AvgIpc) is 3.28. The maximum atomic E-state index is 13.2. The minimum atomic E-state index is -0.295. The summed E-state index contributed by atoms with van der Waals surface area (Å²) in [6, 6.07) is 14.9. The van der Waals surface area contributed by atoms with Gasteiger partial charge in [-0.15, -0.1) is 0 Å². The smallest absolute Gasteiger partial charge is 0.322 e. The molecule has 0 aliphatic carbocycles. The molecule has 3 amide bonds. The normalized spacial score (nSPS) is 11.2. The first kappa shape index (κ1) is 27.8. The quantitative estimate of drug-likeness (QED) is 0.370. The van der Waals surface area contributed by atoms with Gasteiger partial charge in [0.2, 0.25) is 5.91 Å². The van der Waals surface area contributed by atoms with Crippen LogP contribution >= 0.6 is 0 Å². The number of methoxy groups -OCH3 is 1. The van der Waals surface area contributed by atoms with Gasteiger partial charge in [0.05, 0.1) is 18.5 Å². The molecular formula is C29H39N5O3. The fraction of sp³-hybridized carbons (Fsp3) is 0.414. The molecular weight excluding hydrogens is 466 g/mol. The molecule has 2 N–H and O–H groups in total. The van der Waals surface area contributed by atoms with Gasteiger partial charge in [-0.05, 0) is 61.7 Å². The minimum Gasteiger partial charge on any atom is -0.497 e. The lowest BCUT2D eigenvalue weighted by Gasteiger charge is -2.23. The van der Waals surface area contributed by atoms with Crippen LogP contribution in [0.25, 0.3) is 5.69 Å². The number of nitrogens with one attached hydrogen (secondary N) is 2. The van der Waals surface area contributed by atoms with E-state index in [4.69, 9.17) is 9.84 Å². The highest BCUT2D eigenvalue weighted by Crippen LogP contribution is 2.27. The standard InChI is InChI=1S/C29H39N5O3/c1-8-9-17-33(28(36)30-24-12-10-11-20(2)21(24)3)19-27(35)31-26-18-25(29(4,5)6)32-34(26)22-13-15-23(37-7)16-14-22/h10-16,18H,8-9,17,19H2,1-7H3,(H,30,36)(H,31,35). The van der Waals surface area contributed by atoms with Gasteiger partial charge in [0, 0.05) is 23.7 Å². The van der Waals surface area contributed by atoms with E-state index >= 15 is 0 Å². The lowest BCUT2D eigenvalue weighted by Crippen LogP contribution is -2.41. The Balaban J connectivity index is 1.82. The molecule has 8 nitrogen and oxygen atoms in total. The van der Waals surface area contributed by atoms with Crippen molar-refractivity contribution >= 4 is 23.4 Å². The third-order valence-corrected chi connectivity index (χ3v) is 6.31. The van der Waals surface area contributed by atoms with Crippen molar-refractivity contribution < 1.29 is 14.3 Å². The molecule has 2 aromatic carbocycles. The molecule has 198 valence electrons. The number of amides is 3. The number of urea groups is 1. The van der Waals surface area contributed by atoms with E-state index in [0.29, 0.717) is 12.4 Å². The zero-order valence-corrected chi connectivity index (χ0v) is 23.0. The van der Waals surface area contributed by atoms with Crippen molar-refractivity contribution in [2.75, 3.05) is 30.8 Å². The van der Waals surface area contributed by atoms with Gasteiger partial charge >= 0.3 is 6.03 Å². The second kappa shape index (κ2) is 12.0. The molecule has 0 unspecified atom stereocenters. The zero-order valence-electron chi connectivity index (χ0n) is 23.0. The topological polar surface area (TPSA) is 88.5 Å². The number of benzene rings is 2. The molecule has 0 atom stereocenters. The molecule has 37 heavy (non-hydrogen) atoms. The van der Waals surface area contributed by atoms with Crippen LogP contribution in [0.2, 0.25) is 0 Å². The Morgan fingerprint density at radius 1 is 1.05 bits per heavy atom. The molecule has 8 heteroatoms. The van der Waals surface area contributed by atoms with Crippen molar-refractivity contribution in [2.45, 2.75) is 59.8 Å². The fourth-order valence-corrected chi connectivity index (χ4v) is 3.79. The van der Waals surface area contributed by atoms with Crippen molar-refractivity contribution in [2.24, 2.45) is 0 Å². The summed E-state index contributed by atoms with van der Waals surface area (Å²) in [5.74, 6) is 0.992. The van der Waals surface area contributed by atoms with Crippen molar-refractivity contribution in [1.82, 2.24) is 14.7 Å². The van der Waals surface area contributed by atoms with Crippen LogP contribution in [0, 0.1) is 13.8 Å². The Kier molecular flexibility index (Phi) is 8.97. The van der Waals surface area contributed by atoms with E-state index in [1.165, 1.54) is 0 Å². The number of anilines is 2. The summed E-state index contributed by atoms with van der Waals surface area (Å²) in [4.78, 5) is 27.9. The van der Waals surface area contributed by atoms with Gasteiger partial charge in [0.15, 0.2) is 0 Å². The number of carbonyl (C=O) groups excluding carboxylic acids is 2. The number of rotatable bonds is 9. The summed E-state index contributed by atoms with van der Waals surface area (Å²) in [6.45, 7) is 12.7. The van der Waals surface area contributed by atoms with Crippen LogP contribution in [-0.2, 0) is 10.2 Å². The molecule has 1 heterocycles. The number of unbranched alkanes of at least 4 members (excludes halogenated alkanes) is 1. The molecule has 0 aliphatic rings. The number of hydrogen-bond donors (Lipinski definition) is 2. The summed E-state index contributed by atoms with van der Waals surface area (Å²) < 4.78 is 6.98. The summed E-state index contributed by atoms with van der Waals surface area (Å²) >= 11 is 0. The monoisotopic (exact) mass is 505 g/mol. The van der Waals surface area contributed by atoms with Crippen LogP contribution in [-0.4, -0.2) is 46.8 Å². The van der Waals surface area contributed by atoms with E-state index < -0.39 is 0 Å². The van der Waals surface area contributed by atoms with E-state index in [1.54, 1.807) is 16.7 Å². The molecule has 0 aliphatic heterocycles. The molecule has 0 saturated heterocycles. The second-order valence-electron chi connectivity index (χ2n) is 10.3. The Labute approximate surface area is 220 Å². The first-order chi connectivity index (χ1) is 17.5. The predicted octanol–water partition coefficient (Wildman–Crippen LogP) is 6.07. The van der Waals surface area contributed by atoms with Gasteiger partial charge in [0.1, 0.15) is 18.1 Å². The second-order valence-corrected chi connectivity index (χ2v) is 10.3. The molecule has 0 radical (unpaired) electrons. The third-order valence-electron chi connectivity index (χ3n) is 6.31. The van der Waals surface area contributed by atoms with Crippen LogP contribution in [0.4, 0.5) is 16.3 Å². The van der Waals surface area contributed by atoms with E-state index in [9.17, 15) is 9.59 Å². The lowest BCUT2D eigenvalue weighted by molar-refractivity contribution is -0.116. The van der Waals surface area contributed by atoms with Gasteiger partial charge in [-0.25, -0.2) is 9.48 Å². The Bertz CT molecular complexity index is 1230. The summed E-state index contributed by atoms with van der Waals surface area (Å²) in [5.41, 5.74) is 4.28. The van der Waals surface area contributed by atoms with E-state index in [0.717, 1.165) is 46.8 Å². The van der Waals surface area contributed by atoms with E-state index in [-0.39, 0.29) is 23.9 Å². The highest BCUT2D eigenvalue weighted by atomic mass is 16.5.